The molecule has 1 fully saturated rings. The van der Waals surface area contributed by atoms with E-state index in [1.165, 1.54) is 0 Å². The quantitative estimate of drug-likeness (QED) is 0.724. The Bertz CT molecular complexity index is 327. The molecule has 1 atom stereocenters. The number of ether oxygens (including phenoxy) is 1. The second-order valence-electron chi connectivity index (χ2n) is 5.32. The van der Waals surface area contributed by atoms with Crippen molar-refractivity contribution in [2.75, 3.05) is 46.9 Å². The number of nitriles is 1. The summed E-state index contributed by atoms with van der Waals surface area (Å²) in [6, 6.07) is 2.33. The van der Waals surface area contributed by atoms with E-state index in [2.05, 4.69) is 6.07 Å². The van der Waals surface area contributed by atoms with Gasteiger partial charge in [-0.2, -0.15) is 5.26 Å². The Morgan fingerprint density at radius 2 is 2.33 bits per heavy atom. The minimum atomic E-state index is -0.376. The molecule has 1 heterocycles. The van der Waals surface area contributed by atoms with Crippen molar-refractivity contribution in [2.24, 2.45) is 5.41 Å². The lowest BCUT2D eigenvalue weighted by Gasteiger charge is -2.36. The van der Waals surface area contributed by atoms with E-state index in [0.29, 0.717) is 19.7 Å². The molecule has 5 nitrogen and oxygen atoms in total. The Morgan fingerprint density at radius 1 is 1.61 bits per heavy atom. The summed E-state index contributed by atoms with van der Waals surface area (Å²) in [5.74, 6) is 0.106. The van der Waals surface area contributed by atoms with Crippen LogP contribution in [0, 0.1) is 16.7 Å². The number of nitrogens with zero attached hydrogens (tertiary/aromatic N) is 3. The molecule has 102 valence electrons. The summed E-state index contributed by atoms with van der Waals surface area (Å²) in [6.45, 7) is 5.02. The molecule has 1 saturated heterocycles. The van der Waals surface area contributed by atoms with Crippen LogP contribution in [0.2, 0.25) is 0 Å². The number of piperidine rings is 1. The lowest BCUT2D eigenvalue weighted by Crippen LogP contribution is -2.47. The van der Waals surface area contributed by atoms with Crippen LogP contribution in [-0.4, -0.2) is 62.7 Å². The van der Waals surface area contributed by atoms with Crippen LogP contribution in [0.15, 0.2) is 0 Å². The highest BCUT2D eigenvalue weighted by Gasteiger charge is 2.33. The van der Waals surface area contributed by atoms with Gasteiger partial charge in [-0.15, -0.1) is 0 Å². The number of hydrogen-bond donors (Lipinski definition) is 0. The van der Waals surface area contributed by atoms with E-state index in [-0.39, 0.29) is 11.3 Å². The van der Waals surface area contributed by atoms with Crippen LogP contribution >= 0.6 is 0 Å². The Hall–Kier alpha value is -1.12. The maximum absolute atomic E-state index is 12.1. The molecule has 0 saturated carbocycles. The van der Waals surface area contributed by atoms with Crippen molar-refractivity contribution < 1.29 is 9.53 Å². The van der Waals surface area contributed by atoms with Crippen molar-refractivity contribution in [1.82, 2.24) is 9.80 Å². The number of likely N-dealkylation sites (N-methyl/N-ethyl adjacent to an activating group) is 1. The summed E-state index contributed by atoms with van der Waals surface area (Å²) in [7, 11) is 3.56. The molecule has 0 N–H and O–H groups in total. The summed E-state index contributed by atoms with van der Waals surface area (Å²) in [6.07, 6.45) is 1.80. The third-order valence-corrected chi connectivity index (χ3v) is 3.40. The van der Waals surface area contributed by atoms with Crippen LogP contribution in [0.25, 0.3) is 0 Å². The second kappa shape index (κ2) is 6.72. The monoisotopic (exact) mass is 253 g/mol. The largest absolute Gasteiger partial charge is 0.383 e. The van der Waals surface area contributed by atoms with Gasteiger partial charge in [0.25, 0.3) is 0 Å². The molecule has 1 aliphatic rings. The molecular formula is C13H23N3O2. The molecule has 5 heteroatoms. The fourth-order valence-corrected chi connectivity index (χ4v) is 2.20. The maximum atomic E-state index is 12.1. The number of carbonyl (C=O) groups is 1. The van der Waals surface area contributed by atoms with Crippen LogP contribution in [0.4, 0.5) is 0 Å². The summed E-state index contributed by atoms with van der Waals surface area (Å²) in [5.41, 5.74) is -0.376. The topological polar surface area (TPSA) is 56.6 Å². The lowest BCUT2D eigenvalue weighted by atomic mass is 9.83. The van der Waals surface area contributed by atoms with E-state index in [9.17, 15) is 4.79 Å². The Labute approximate surface area is 109 Å². The lowest BCUT2D eigenvalue weighted by molar-refractivity contribution is -0.134. The third-order valence-electron chi connectivity index (χ3n) is 3.40. The maximum Gasteiger partial charge on any atom is 0.236 e. The van der Waals surface area contributed by atoms with E-state index in [0.717, 1.165) is 25.9 Å². The van der Waals surface area contributed by atoms with Gasteiger partial charge in [0.05, 0.1) is 24.6 Å². The summed E-state index contributed by atoms with van der Waals surface area (Å²) >= 11 is 0. The molecule has 1 rings (SSSR count). The molecule has 0 aliphatic carbocycles. The predicted octanol–water partition coefficient (Wildman–Crippen LogP) is 0.717. The van der Waals surface area contributed by atoms with Crippen LogP contribution < -0.4 is 0 Å². The Balaban J connectivity index is 2.44. The molecular weight excluding hydrogens is 230 g/mol. The summed E-state index contributed by atoms with van der Waals surface area (Å²) in [5, 5.41) is 9.13. The molecule has 0 aromatic heterocycles. The van der Waals surface area contributed by atoms with Gasteiger partial charge in [0.15, 0.2) is 0 Å². The highest BCUT2D eigenvalue weighted by atomic mass is 16.5. The van der Waals surface area contributed by atoms with Crippen LogP contribution in [0.5, 0.6) is 0 Å². The molecule has 0 spiro atoms. The van der Waals surface area contributed by atoms with Gasteiger partial charge in [0, 0.05) is 26.7 Å². The van der Waals surface area contributed by atoms with Crippen molar-refractivity contribution in [3.05, 3.63) is 0 Å². The highest BCUT2D eigenvalue weighted by molar-refractivity contribution is 5.78. The first kappa shape index (κ1) is 14.9. The molecule has 1 amide bonds. The Morgan fingerprint density at radius 3 is 2.94 bits per heavy atom. The fourth-order valence-electron chi connectivity index (χ4n) is 2.20. The van der Waals surface area contributed by atoms with Crippen molar-refractivity contribution in [3.63, 3.8) is 0 Å². The Kier molecular flexibility index (Phi) is 5.57. The molecule has 0 unspecified atom stereocenters. The smallest absolute Gasteiger partial charge is 0.236 e. The molecule has 0 aromatic carbocycles. The summed E-state index contributed by atoms with van der Waals surface area (Å²) < 4.78 is 4.98. The molecule has 0 radical (unpaired) electrons. The minimum Gasteiger partial charge on any atom is -0.383 e. The van der Waals surface area contributed by atoms with Gasteiger partial charge in [-0.25, -0.2) is 0 Å². The van der Waals surface area contributed by atoms with E-state index >= 15 is 0 Å². The average Bonchev–Trinajstić information content (AvgIpc) is 2.36. The van der Waals surface area contributed by atoms with Crippen molar-refractivity contribution in [3.8, 4) is 6.07 Å². The first-order chi connectivity index (χ1) is 8.50. The van der Waals surface area contributed by atoms with Gasteiger partial charge in [0.2, 0.25) is 5.91 Å². The van der Waals surface area contributed by atoms with E-state index in [1.54, 1.807) is 7.11 Å². The van der Waals surface area contributed by atoms with Crippen molar-refractivity contribution in [2.45, 2.75) is 19.8 Å². The summed E-state index contributed by atoms with van der Waals surface area (Å²) in [4.78, 5) is 15.9. The van der Waals surface area contributed by atoms with Gasteiger partial charge in [-0.3, -0.25) is 9.69 Å². The second-order valence-corrected chi connectivity index (χ2v) is 5.32. The number of likely N-dealkylation sites (tertiary alicyclic amines) is 1. The molecule has 0 bridgehead atoms. The van der Waals surface area contributed by atoms with E-state index < -0.39 is 0 Å². The van der Waals surface area contributed by atoms with Gasteiger partial charge >= 0.3 is 0 Å². The highest BCUT2D eigenvalue weighted by Crippen LogP contribution is 2.28. The van der Waals surface area contributed by atoms with Crippen LogP contribution in [-0.2, 0) is 9.53 Å². The van der Waals surface area contributed by atoms with Gasteiger partial charge in [-0.1, -0.05) is 0 Å². The minimum absolute atomic E-state index is 0.106. The zero-order valence-corrected chi connectivity index (χ0v) is 11.6. The zero-order chi connectivity index (χ0) is 13.6. The first-order valence-electron chi connectivity index (χ1n) is 6.37. The number of hydrogen-bond acceptors (Lipinski definition) is 4. The first-order valence-corrected chi connectivity index (χ1v) is 6.37. The van der Waals surface area contributed by atoms with E-state index in [4.69, 9.17) is 10.00 Å². The van der Waals surface area contributed by atoms with Gasteiger partial charge in [-0.05, 0) is 26.8 Å². The predicted molar refractivity (Wildman–Crippen MR) is 68.9 cm³/mol. The molecule has 18 heavy (non-hydrogen) atoms. The molecule has 1 aliphatic heterocycles. The van der Waals surface area contributed by atoms with E-state index in [1.807, 2.05) is 23.8 Å². The van der Waals surface area contributed by atoms with Gasteiger partial charge in [0.1, 0.15) is 0 Å². The normalized spacial score (nSPS) is 24.1. The molecule has 0 aromatic rings. The van der Waals surface area contributed by atoms with Crippen molar-refractivity contribution >= 4 is 5.91 Å². The number of carbonyl (C=O) groups excluding carboxylic acids is 1. The SMILES string of the molecule is COCCN(C)CC(=O)N1CCC[C@](C)(C#N)C1. The third kappa shape index (κ3) is 4.28. The fraction of sp³-hybridized carbons (Fsp3) is 0.846. The van der Waals surface area contributed by atoms with Crippen LogP contribution in [0.3, 0.4) is 0 Å². The van der Waals surface area contributed by atoms with Crippen molar-refractivity contribution in [1.29, 1.82) is 5.26 Å². The zero-order valence-electron chi connectivity index (χ0n) is 11.6. The number of rotatable bonds is 5. The average molecular weight is 253 g/mol. The number of methoxy groups -OCH3 is 1. The number of amides is 1. The van der Waals surface area contributed by atoms with Gasteiger partial charge < -0.3 is 9.64 Å². The van der Waals surface area contributed by atoms with Crippen LogP contribution in [0.1, 0.15) is 19.8 Å². The standard InChI is InChI=1S/C13H23N3O2/c1-13(10-14)5-4-6-16(11-13)12(17)9-15(2)7-8-18-3/h4-9,11H2,1-3H3/t13-/m1/s1.